The third kappa shape index (κ3) is 4.12. The largest absolute Gasteiger partial charge is 0.307 e. The summed E-state index contributed by atoms with van der Waals surface area (Å²) in [6.45, 7) is 0. The normalized spacial score (nSPS) is 11.2. The lowest BCUT2D eigenvalue weighted by molar-refractivity contribution is 0.820. The number of hydrogen-bond acceptors (Lipinski definition) is 5. The molecule has 7 nitrogen and oxygen atoms in total. The van der Waals surface area contributed by atoms with E-state index >= 15 is 0 Å². The van der Waals surface area contributed by atoms with Crippen LogP contribution in [-0.2, 0) is 0 Å². The van der Waals surface area contributed by atoms with Gasteiger partial charge in [-0.25, -0.2) is 4.68 Å². The lowest BCUT2D eigenvalue weighted by atomic mass is 10.1. The molecule has 0 atom stereocenters. The van der Waals surface area contributed by atoms with Crippen molar-refractivity contribution in [2.75, 3.05) is 5.43 Å². The molecule has 0 spiro atoms. The number of allylic oxidation sites excluding steroid dienone is 2. The summed E-state index contributed by atoms with van der Waals surface area (Å²) in [5, 5.41) is 28.4. The molecule has 2 aromatic heterocycles. The Morgan fingerprint density at radius 3 is 2.26 bits per heavy atom. The number of nitrogens with one attached hydrogen (secondary N) is 1. The highest BCUT2D eigenvalue weighted by atomic mass is 15.3. The van der Waals surface area contributed by atoms with E-state index in [1.165, 1.54) is 12.3 Å². The van der Waals surface area contributed by atoms with Crippen LogP contribution < -0.4 is 5.43 Å². The second-order valence-corrected chi connectivity index (χ2v) is 6.44. The monoisotopic (exact) mass is 403 g/mol. The lowest BCUT2D eigenvalue weighted by Gasteiger charge is -2.08. The van der Waals surface area contributed by atoms with Crippen LogP contribution in [0.2, 0.25) is 0 Å². The predicted octanol–water partition coefficient (Wildman–Crippen LogP) is 4.54. The Morgan fingerprint density at radius 2 is 1.61 bits per heavy atom. The second-order valence-electron chi connectivity index (χ2n) is 6.44. The summed E-state index contributed by atoms with van der Waals surface area (Å²) in [5.74, 6) is 0.564. The topological polar surface area (TPSA) is 94.7 Å². The van der Waals surface area contributed by atoms with Crippen molar-refractivity contribution in [1.29, 1.82) is 10.5 Å². The fraction of sp³-hybridized carbons (Fsp3) is 0. The number of nitriles is 2. The summed E-state index contributed by atoms with van der Waals surface area (Å²) in [5.41, 5.74) is 5.33. The number of hydrogen-bond donors (Lipinski definition) is 1. The Kier molecular flexibility index (Phi) is 5.69. The zero-order chi connectivity index (χ0) is 21.5. The number of rotatable bonds is 6. The maximum atomic E-state index is 9.92. The molecular formula is C24H17N7. The Morgan fingerprint density at radius 1 is 0.935 bits per heavy atom. The van der Waals surface area contributed by atoms with Gasteiger partial charge in [0, 0.05) is 18.6 Å². The van der Waals surface area contributed by atoms with Gasteiger partial charge in [0.25, 0.3) is 0 Å². The number of hydrazone groups is 1. The summed E-state index contributed by atoms with van der Waals surface area (Å²) in [4.78, 5) is 0. The van der Waals surface area contributed by atoms with Crippen molar-refractivity contribution in [2.45, 2.75) is 0 Å². The molecule has 0 aliphatic carbocycles. The summed E-state index contributed by atoms with van der Waals surface area (Å²) < 4.78 is 3.47. The average Bonchev–Trinajstić information content (AvgIpc) is 3.48. The van der Waals surface area contributed by atoms with E-state index < -0.39 is 0 Å². The molecular weight excluding hydrogens is 386 g/mol. The summed E-state index contributed by atoms with van der Waals surface area (Å²) in [7, 11) is 0. The first-order valence-corrected chi connectivity index (χ1v) is 9.48. The van der Waals surface area contributed by atoms with E-state index in [1.807, 2.05) is 89.8 Å². The van der Waals surface area contributed by atoms with Gasteiger partial charge in [-0.15, -0.1) is 0 Å². The van der Waals surface area contributed by atoms with Crippen LogP contribution in [0.25, 0.3) is 17.1 Å². The van der Waals surface area contributed by atoms with E-state index in [1.54, 1.807) is 4.68 Å². The zero-order valence-corrected chi connectivity index (χ0v) is 16.4. The second kappa shape index (κ2) is 9.08. The van der Waals surface area contributed by atoms with Crippen LogP contribution in [0, 0.1) is 22.7 Å². The smallest absolute Gasteiger partial charge is 0.159 e. The van der Waals surface area contributed by atoms with E-state index in [-0.39, 0.29) is 5.57 Å². The van der Waals surface area contributed by atoms with Gasteiger partial charge >= 0.3 is 0 Å². The minimum absolute atomic E-state index is 0.234. The van der Waals surface area contributed by atoms with Gasteiger partial charge in [0.2, 0.25) is 0 Å². The van der Waals surface area contributed by atoms with E-state index in [0.29, 0.717) is 17.1 Å². The molecule has 4 rings (SSSR count). The molecule has 0 aliphatic rings. The number of nitrogens with zero attached hydrogens (tertiary/aromatic N) is 6. The van der Waals surface area contributed by atoms with E-state index in [0.717, 1.165) is 11.4 Å². The van der Waals surface area contributed by atoms with Crippen molar-refractivity contribution in [3.8, 4) is 23.6 Å². The summed E-state index contributed by atoms with van der Waals surface area (Å²) >= 11 is 0. The SMILES string of the molecule is N#C/C(=C\C=N\Nc1ccccc1)c1nn(-c2ccccc2)c(-n2cccc2)c1C#N. The van der Waals surface area contributed by atoms with Crippen LogP contribution in [0.1, 0.15) is 11.3 Å². The highest BCUT2D eigenvalue weighted by molar-refractivity contribution is 5.91. The predicted molar refractivity (Wildman–Crippen MR) is 120 cm³/mol. The third-order valence-corrected chi connectivity index (χ3v) is 4.48. The molecule has 0 amide bonds. The quantitative estimate of drug-likeness (QED) is 0.290. The number of aromatic nitrogens is 3. The van der Waals surface area contributed by atoms with Gasteiger partial charge in [0.1, 0.15) is 23.4 Å². The molecule has 31 heavy (non-hydrogen) atoms. The van der Waals surface area contributed by atoms with Crippen molar-refractivity contribution >= 4 is 17.5 Å². The first-order chi connectivity index (χ1) is 15.3. The van der Waals surface area contributed by atoms with E-state index in [2.05, 4.69) is 27.8 Å². The minimum atomic E-state index is 0.234. The Hall–Kier alpha value is -4.88. The van der Waals surface area contributed by atoms with Crippen LogP contribution in [-0.4, -0.2) is 20.6 Å². The fourth-order valence-electron chi connectivity index (χ4n) is 3.07. The van der Waals surface area contributed by atoms with Crippen LogP contribution in [0.4, 0.5) is 5.69 Å². The van der Waals surface area contributed by atoms with Crippen LogP contribution in [0.3, 0.4) is 0 Å². The van der Waals surface area contributed by atoms with Crippen molar-refractivity contribution in [2.24, 2.45) is 5.10 Å². The summed E-state index contributed by atoms with van der Waals surface area (Å²) in [6, 6.07) is 27.0. The van der Waals surface area contributed by atoms with Crippen LogP contribution in [0.15, 0.2) is 96.4 Å². The van der Waals surface area contributed by atoms with Gasteiger partial charge in [0.05, 0.1) is 16.9 Å². The molecule has 7 heteroatoms. The Balaban J connectivity index is 1.77. The van der Waals surface area contributed by atoms with Crippen molar-refractivity contribution in [1.82, 2.24) is 14.3 Å². The molecule has 2 heterocycles. The zero-order valence-electron chi connectivity index (χ0n) is 16.4. The van der Waals surface area contributed by atoms with E-state index in [4.69, 9.17) is 0 Å². The molecule has 1 N–H and O–H groups in total. The highest BCUT2D eigenvalue weighted by Gasteiger charge is 2.22. The van der Waals surface area contributed by atoms with Gasteiger partial charge in [-0.05, 0) is 42.5 Å². The molecule has 2 aromatic carbocycles. The van der Waals surface area contributed by atoms with Crippen LogP contribution >= 0.6 is 0 Å². The maximum absolute atomic E-state index is 9.92. The molecule has 4 aromatic rings. The molecule has 0 fully saturated rings. The summed E-state index contributed by atoms with van der Waals surface area (Å²) in [6.07, 6.45) is 6.68. The standard InChI is InChI=1S/C24H17N7/c25-17-19(13-14-27-28-20-9-3-1-4-10-20)23-22(18-26)24(30-15-7-8-16-30)31(29-23)21-11-5-2-6-12-21/h1-16,28H/b19-13+,27-14+. The third-order valence-electron chi connectivity index (χ3n) is 4.48. The average molecular weight is 403 g/mol. The minimum Gasteiger partial charge on any atom is -0.307 e. The maximum Gasteiger partial charge on any atom is 0.159 e. The molecule has 0 bridgehead atoms. The van der Waals surface area contributed by atoms with E-state index in [9.17, 15) is 10.5 Å². The van der Waals surface area contributed by atoms with Crippen LogP contribution in [0.5, 0.6) is 0 Å². The van der Waals surface area contributed by atoms with Gasteiger partial charge in [-0.3, -0.25) is 5.43 Å². The number of anilines is 1. The van der Waals surface area contributed by atoms with Gasteiger partial charge in [0.15, 0.2) is 5.82 Å². The molecule has 0 aliphatic heterocycles. The lowest BCUT2D eigenvalue weighted by Crippen LogP contribution is -2.04. The molecule has 0 unspecified atom stereocenters. The number of benzene rings is 2. The first-order valence-electron chi connectivity index (χ1n) is 9.48. The molecule has 0 radical (unpaired) electrons. The fourth-order valence-corrected chi connectivity index (χ4v) is 3.07. The van der Waals surface area contributed by atoms with Gasteiger partial charge in [-0.1, -0.05) is 36.4 Å². The van der Waals surface area contributed by atoms with Gasteiger partial charge < -0.3 is 4.57 Å². The number of para-hydroxylation sites is 2. The van der Waals surface area contributed by atoms with Crippen molar-refractivity contribution < 1.29 is 0 Å². The highest BCUT2D eigenvalue weighted by Crippen LogP contribution is 2.26. The van der Waals surface area contributed by atoms with Crippen molar-refractivity contribution in [3.63, 3.8) is 0 Å². The van der Waals surface area contributed by atoms with Gasteiger partial charge in [-0.2, -0.15) is 20.7 Å². The first kappa shape index (κ1) is 19.4. The molecule has 0 saturated heterocycles. The Labute approximate surface area is 179 Å². The Bertz CT molecular complexity index is 1300. The molecule has 0 saturated carbocycles. The van der Waals surface area contributed by atoms with Crippen molar-refractivity contribution in [3.05, 3.63) is 103 Å². The molecule has 148 valence electrons.